The average molecular weight is 589 g/mol. The predicted octanol–water partition coefficient (Wildman–Crippen LogP) is 4.01. The van der Waals surface area contributed by atoms with Gasteiger partial charge in [0.1, 0.15) is 22.8 Å². The van der Waals surface area contributed by atoms with Gasteiger partial charge in [-0.1, -0.05) is 18.9 Å². The van der Waals surface area contributed by atoms with Gasteiger partial charge in [-0.05, 0) is 51.3 Å². The molecule has 1 aliphatic carbocycles. The molecule has 3 aromatic heterocycles. The minimum Gasteiger partial charge on any atom is -0.444 e. The van der Waals surface area contributed by atoms with Crippen LogP contribution in [0.15, 0.2) is 30.6 Å². The lowest BCUT2D eigenvalue weighted by atomic mass is 9.73. The second kappa shape index (κ2) is 10.8. The number of hydrogen-bond donors (Lipinski definition) is 1. The lowest BCUT2D eigenvalue weighted by molar-refractivity contribution is -0.156. The lowest BCUT2D eigenvalue weighted by Gasteiger charge is -2.59. The van der Waals surface area contributed by atoms with Gasteiger partial charge >= 0.3 is 6.09 Å². The third-order valence-corrected chi connectivity index (χ3v) is 8.42. The van der Waals surface area contributed by atoms with Crippen molar-refractivity contribution in [3.05, 3.63) is 41.9 Å². The highest BCUT2D eigenvalue weighted by molar-refractivity contribution is 5.98. The van der Waals surface area contributed by atoms with E-state index in [1.165, 1.54) is 0 Å². The molecule has 3 aromatic rings. The van der Waals surface area contributed by atoms with Crippen molar-refractivity contribution in [2.75, 3.05) is 45.6 Å². The van der Waals surface area contributed by atoms with Crippen molar-refractivity contribution < 1.29 is 19.1 Å². The predicted molar refractivity (Wildman–Crippen MR) is 161 cm³/mol. The van der Waals surface area contributed by atoms with Gasteiger partial charge in [-0.2, -0.15) is 4.98 Å². The zero-order chi connectivity index (χ0) is 30.5. The molecular weight excluding hydrogens is 548 g/mol. The number of nitrogens with zero attached hydrogens (tertiary/aromatic N) is 7. The summed E-state index contributed by atoms with van der Waals surface area (Å²) in [6.45, 7) is 8.13. The molecule has 12 heteroatoms. The molecule has 1 spiro atoms. The Bertz CT molecular complexity index is 1540. The number of pyridine rings is 1. The third kappa shape index (κ3) is 5.87. The quantitative estimate of drug-likeness (QED) is 0.458. The van der Waals surface area contributed by atoms with Crippen molar-refractivity contribution in [1.29, 1.82) is 0 Å². The fourth-order valence-corrected chi connectivity index (χ4v) is 6.36. The van der Waals surface area contributed by atoms with Crippen LogP contribution in [0, 0.1) is 5.41 Å². The van der Waals surface area contributed by atoms with Crippen molar-refractivity contribution >= 4 is 40.7 Å². The normalized spacial score (nSPS) is 18.0. The summed E-state index contributed by atoms with van der Waals surface area (Å²) in [6.07, 6.45) is 7.73. The lowest BCUT2D eigenvalue weighted by Crippen LogP contribution is -2.74. The number of anilines is 2. The molecule has 0 atom stereocenters. The number of fused-ring (bicyclic) bond motifs is 1. The molecule has 0 unspecified atom stereocenters. The molecule has 228 valence electrons. The Kier molecular flexibility index (Phi) is 7.26. The number of ether oxygens (including phenoxy) is 1. The van der Waals surface area contributed by atoms with Gasteiger partial charge in [0.25, 0.3) is 5.91 Å². The van der Waals surface area contributed by atoms with E-state index in [2.05, 4.69) is 19.9 Å². The number of rotatable bonds is 6. The highest BCUT2D eigenvalue weighted by atomic mass is 16.6. The molecule has 5 heterocycles. The Labute approximate surface area is 251 Å². The van der Waals surface area contributed by atoms with E-state index in [1.54, 1.807) is 36.3 Å². The molecular formula is C31H40N8O4. The summed E-state index contributed by atoms with van der Waals surface area (Å²) in [5, 5.41) is 4.00. The van der Waals surface area contributed by atoms with Crippen molar-refractivity contribution in [3.8, 4) is 0 Å². The standard InChI is InChI=1S/C31H40N8O4/c1-30(2,3)43-29(42)38-18-31(19-38)16-37(17-31)25(40)12-20-10-11-24(32-14-20)34-28-33-15-21-13-23(27(41)36(4)5)39(26(21)35-28)22-8-6-7-9-22/h10-11,13-15,22H,6-9,12,16-19H2,1-5H3,(H,32,33,34,35). The van der Waals surface area contributed by atoms with Crippen molar-refractivity contribution in [1.82, 2.24) is 34.2 Å². The summed E-state index contributed by atoms with van der Waals surface area (Å²) in [5.74, 6) is 0.971. The number of nitrogens with one attached hydrogen (secondary N) is 1. The zero-order valence-corrected chi connectivity index (χ0v) is 25.6. The Morgan fingerprint density at radius 2 is 1.72 bits per heavy atom. The van der Waals surface area contributed by atoms with Crippen LogP contribution >= 0.6 is 0 Å². The van der Waals surface area contributed by atoms with Crippen LogP contribution < -0.4 is 5.32 Å². The molecule has 2 aliphatic heterocycles. The van der Waals surface area contributed by atoms with E-state index in [0.29, 0.717) is 43.6 Å². The topological polar surface area (TPSA) is 126 Å². The number of carbonyl (C=O) groups excluding carboxylic acids is 3. The van der Waals surface area contributed by atoms with Gasteiger partial charge in [-0.25, -0.2) is 14.8 Å². The zero-order valence-electron chi connectivity index (χ0n) is 25.6. The molecule has 0 radical (unpaired) electrons. The van der Waals surface area contributed by atoms with E-state index in [-0.39, 0.29) is 35.8 Å². The fourth-order valence-electron chi connectivity index (χ4n) is 6.36. The molecule has 0 bridgehead atoms. The van der Waals surface area contributed by atoms with Crippen LogP contribution in [-0.2, 0) is 16.0 Å². The molecule has 12 nitrogen and oxygen atoms in total. The van der Waals surface area contributed by atoms with Crippen LogP contribution in [0.5, 0.6) is 0 Å². The maximum atomic E-state index is 13.0. The summed E-state index contributed by atoms with van der Waals surface area (Å²) < 4.78 is 7.52. The molecule has 3 aliphatic rings. The van der Waals surface area contributed by atoms with Crippen LogP contribution in [0.4, 0.5) is 16.6 Å². The van der Waals surface area contributed by atoms with Gasteiger partial charge in [-0.15, -0.1) is 0 Å². The smallest absolute Gasteiger partial charge is 0.410 e. The summed E-state index contributed by atoms with van der Waals surface area (Å²) >= 11 is 0. The first-order valence-electron chi connectivity index (χ1n) is 15.0. The van der Waals surface area contributed by atoms with E-state index < -0.39 is 5.60 Å². The highest BCUT2D eigenvalue weighted by Gasteiger charge is 2.55. The molecule has 0 aromatic carbocycles. The van der Waals surface area contributed by atoms with E-state index in [4.69, 9.17) is 9.72 Å². The van der Waals surface area contributed by atoms with Gasteiger partial charge in [0.2, 0.25) is 11.9 Å². The maximum Gasteiger partial charge on any atom is 0.410 e. The number of aromatic nitrogens is 4. The molecule has 1 saturated carbocycles. The largest absolute Gasteiger partial charge is 0.444 e. The Balaban J connectivity index is 1.06. The monoisotopic (exact) mass is 588 g/mol. The van der Waals surface area contributed by atoms with E-state index in [1.807, 2.05) is 43.9 Å². The number of hydrogen-bond acceptors (Lipinski definition) is 8. The molecule has 43 heavy (non-hydrogen) atoms. The first-order valence-corrected chi connectivity index (χ1v) is 15.0. The number of likely N-dealkylation sites (tertiary alicyclic amines) is 2. The van der Waals surface area contributed by atoms with Crippen LogP contribution in [-0.4, -0.2) is 98.0 Å². The highest BCUT2D eigenvalue weighted by Crippen LogP contribution is 2.40. The maximum absolute atomic E-state index is 13.0. The van der Waals surface area contributed by atoms with Gasteiger partial charge in [0.15, 0.2) is 0 Å². The van der Waals surface area contributed by atoms with Gasteiger partial charge in [0.05, 0.1) is 6.42 Å². The first-order chi connectivity index (χ1) is 20.4. The first kappa shape index (κ1) is 28.9. The fraction of sp³-hybridized carbons (Fsp3) is 0.548. The average Bonchev–Trinajstić information content (AvgIpc) is 3.54. The van der Waals surface area contributed by atoms with E-state index >= 15 is 0 Å². The summed E-state index contributed by atoms with van der Waals surface area (Å²) in [4.78, 5) is 57.0. The van der Waals surface area contributed by atoms with E-state index in [9.17, 15) is 14.4 Å². The summed E-state index contributed by atoms with van der Waals surface area (Å²) in [7, 11) is 3.52. The van der Waals surface area contributed by atoms with Gasteiger partial charge < -0.3 is 29.3 Å². The summed E-state index contributed by atoms with van der Waals surface area (Å²) in [6, 6.07) is 5.81. The van der Waals surface area contributed by atoms with Gasteiger partial charge in [0, 0.05) is 69.5 Å². The minimum absolute atomic E-state index is 0.00215. The van der Waals surface area contributed by atoms with Crippen molar-refractivity contribution in [2.24, 2.45) is 5.41 Å². The Morgan fingerprint density at radius 3 is 2.35 bits per heavy atom. The number of carbonyl (C=O) groups is 3. The van der Waals surface area contributed by atoms with Gasteiger partial charge in [-0.3, -0.25) is 9.59 Å². The molecule has 3 fully saturated rings. The third-order valence-electron chi connectivity index (χ3n) is 8.42. The Hall–Kier alpha value is -4.22. The molecule has 2 saturated heterocycles. The van der Waals surface area contributed by atoms with Crippen molar-refractivity contribution in [2.45, 2.75) is 64.5 Å². The van der Waals surface area contributed by atoms with Crippen LogP contribution in [0.3, 0.4) is 0 Å². The van der Waals surface area contributed by atoms with Crippen LogP contribution in [0.2, 0.25) is 0 Å². The van der Waals surface area contributed by atoms with E-state index in [0.717, 1.165) is 42.3 Å². The van der Waals surface area contributed by atoms with Crippen LogP contribution in [0.25, 0.3) is 11.0 Å². The molecule has 6 rings (SSSR count). The van der Waals surface area contributed by atoms with Crippen LogP contribution in [0.1, 0.15) is 68.5 Å². The summed E-state index contributed by atoms with van der Waals surface area (Å²) in [5.41, 5.74) is 1.68. The second-order valence-electron chi connectivity index (χ2n) is 13.4. The number of amides is 3. The molecule has 3 amide bonds. The Morgan fingerprint density at radius 1 is 1.02 bits per heavy atom. The molecule has 1 N–H and O–H groups in total. The second-order valence-corrected chi connectivity index (χ2v) is 13.4. The minimum atomic E-state index is -0.514. The van der Waals surface area contributed by atoms with Crippen molar-refractivity contribution in [3.63, 3.8) is 0 Å². The SMILES string of the molecule is CN(C)C(=O)c1cc2cnc(Nc3ccc(CC(=O)N4CC5(C4)CN(C(=O)OC(C)(C)C)C5)cn3)nc2n1C1CCCC1.